The second kappa shape index (κ2) is 10.2. The Labute approximate surface area is 200 Å². The molecule has 9 heteroatoms. The van der Waals surface area contributed by atoms with Crippen LogP contribution in [0, 0.1) is 0 Å². The van der Waals surface area contributed by atoms with Crippen LogP contribution >= 0.6 is 35.0 Å². The third-order valence-electron chi connectivity index (χ3n) is 4.66. The Morgan fingerprint density at radius 3 is 2.56 bits per heavy atom. The molecule has 4 rings (SSSR count). The smallest absolute Gasteiger partial charge is 0.231 e. The highest BCUT2D eigenvalue weighted by molar-refractivity contribution is 7.99. The Hall–Kier alpha value is -2.87. The highest BCUT2D eigenvalue weighted by atomic mass is 35.5. The molecule has 1 unspecified atom stereocenters. The molecule has 6 nitrogen and oxygen atoms in total. The van der Waals surface area contributed by atoms with Crippen LogP contribution in [0.2, 0.25) is 10.0 Å². The lowest BCUT2D eigenvalue weighted by Gasteiger charge is -2.14. The third-order valence-corrected chi connectivity index (χ3v) is 6.14. The molecule has 2 aromatic heterocycles. The quantitative estimate of drug-likeness (QED) is 0.346. The van der Waals surface area contributed by atoms with Gasteiger partial charge in [0.25, 0.3) is 0 Å². The molecular formula is C23H19Cl2N5OS. The fourth-order valence-electron chi connectivity index (χ4n) is 3.14. The number of para-hydroxylation sites is 1. The predicted molar refractivity (Wildman–Crippen MR) is 128 cm³/mol. The van der Waals surface area contributed by atoms with Gasteiger partial charge in [-0.05, 0) is 49.4 Å². The zero-order valence-electron chi connectivity index (χ0n) is 17.1. The molecule has 1 atom stereocenters. The maximum Gasteiger partial charge on any atom is 0.231 e. The summed E-state index contributed by atoms with van der Waals surface area (Å²) in [6.45, 7) is 1.90. The molecule has 4 aromatic rings. The third kappa shape index (κ3) is 5.12. The Kier molecular flexibility index (Phi) is 7.09. The summed E-state index contributed by atoms with van der Waals surface area (Å²) in [7, 11) is 0. The number of halogens is 2. The zero-order valence-corrected chi connectivity index (χ0v) is 19.4. The van der Waals surface area contributed by atoms with Crippen molar-refractivity contribution in [1.29, 1.82) is 0 Å². The number of benzene rings is 2. The van der Waals surface area contributed by atoms with Crippen LogP contribution in [0.3, 0.4) is 0 Å². The number of thioether (sulfide) groups is 1. The molecule has 2 heterocycles. The maximum absolute atomic E-state index is 12.6. The van der Waals surface area contributed by atoms with Gasteiger partial charge in [0.15, 0.2) is 11.0 Å². The SMILES string of the molecule is CC(NC(=O)CSc1nnc(-c2ccc(Cl)cc2Cl)n1-c1ccccc1)c1ccccn1. The Bertz CT molecular complexity index is 1220. The second-order valence-electron chi connectivity index (χ2n) is 6.93. The largest absolute Gasteiger partial charge is 0.347 e. The van der Waals surface area contributed by atoms with Gasteiger partial charge >= 0.3 is 0 Å². The van der Waals surface area contributed by atoms with Gasteiger partial charge in [0.2, 0.25) is 5.91 Å². The molecule has 0 saturated carbocycles. The molecule has 0 radical (unpaired) electrons. The van der Waals surface area contributed by atoms with E-state index in [-0.39, 0.29) is 17.7 Å². The number of aromatic nitrogens is 4. The number of nitrogens with one attached hydrogen (secondary N) is 1. The lowest BCUT2D eigenvalue weighted by Crippen LogP contribution is -2.28. The fourth-order valence-corrected chi connectivity index (χ4v) is 4.39. The van der Waals surface area contributed by atoms with E-state index in [2.05, 4.69) is 20.5 Å². The molecule has 0 spiro atoms. The lowest BCUT2D eigenvalue weighted by atomic mass is 10.2. The maximum atomic E-state index is 12.6. The van der Waals surface area contributed by atoms with Crippen molar-refractivity contribution >= 4 is 40.9 Å². The number of amides is 1. The van der Waals surface area contributed by atoms with Crippen LogP contribution in [0.1, 0.15) is 18.7 Å². The topological polar surface area (TPSA) is 72.7 Å². The summed E-state index contributed by atoms with van der Waals surface area (Å²) in [4.78, 5) is 16.8. The predicted octanol–water partition coefficient (Wildman–Crippen LogP) is 5.61. The molecule has 1 amide bonds. The first-order valence-electron chi connectivity index (χ1n) is 9.82. The molecular weight excluding hydrogens is 465 g/mol. The monoisotopic (exact) mass is 483 g/mol. The highest BCUT2D eigenvalue weighted by Crippen LogP contribution is 2.33. The van der Waals surface area contributed by atoms with Gasteiger partial charge in [-0.25, -0.2) is 0 Å². The summed E-state index contributed by atoms with van der Waals surface area (Å²) in [5.74, 6) is 0.626. The molecule has 1 N–H and O–H groups in total. The number of carbonyl (C=O) groups excluding carboxylic acids is 1. The molecule has 32 heavy (non-hydrogen) atoms. The molecule has 0 fully saturated rings. The van der Waals surface area contributed by atoms with Crippen molar-refractivity contribution in [2.45, 2.75) is 18.1 Å². The minimum absolute atomic E-state index is 0.123. The van der Waals surface area contributed by atoms with Crippen molar-refractivity contribution in [3.05, 3.63) is 88.7 Å². The Morgan fingerprint density at radius 1 is 1.06 bits per heavy atom. The molecule has 0 bridgehead atoms. The van der Waals surface area contributed by atoms with E-state index >= 15 is 0 Å². The summed E-state index contributed by atoms with van der Waals surface area (Å²) in [5, 5.41) is 13.3. The van der Waals surface area contributed by atoms with Gasteiger partial charge in [-0.2, -0.15) is 0 Å². The average molecular weight is 484 g/mol. The summed E-state index contributed by atoms with van der Waals surface area (Å²) in [6.07, 6.45) is 1.71. The van der Waals surface area contributed by atoms with Crippen LogP contribution in [-0.4, -0.2) is 31.4 Å². The summed E-state index contributed by atoms with van der Waals surface area (Å²) < 4.78 is 1.88. The molecule has 0 saturated heterocycles. The van der Waals surface area contributed by atoms with E-state index in [9.17, 15) is 4.79 Å². The van der Waals surface area contributed by atoms with Crippen molar-refractivity contribution < 1.29 is 4.79 Å². The second-order valence-corrected chi connectivity index (χ2v) is 8.72. The van der Waals surface area contributed by atoms with Crippen molar-refractivity contribution in [2.75, 3.05) is 5.75 Å². The standard InChI is InChI=1S/C23H19Cl2N5OS/c1-15(20-9-5-6-12-26-20)27-21(31)14-32-23-29-28-22(18-11-10-16(24)13-19(18)25)30(23)17-7-3-2-4-8-17/h2-13,15H,14H2,1H3,(H,27,31). The van der Waals surface area contributed by atoms with E-state index in [0.717, 1.165) is 11.4 Å². The van der Waals surface area contributed by atoms with Crippen LogP contribution < -0.4 is 5.32 Å². The number of rotatable bonds is 7. The minimum atomic E-state index is -0.195. The molecule has 162 valence electrons. The van der Waals surface area contributed by atoms with Crippen LogP contribution in [0.15, 0.2) is 78.1 Å². The van der Waals surface area contributed by atoms with Crippen LogP contribution in [0.5, 0.6) is 0 Å². The lowest BCUT2D eigenvalue weighted by molar-refractivity contribution is -0.119. The van der Waals surface area contributed by atoms with Gasteiger partial charge < -0.3 is 5.32 Å². The number of hydrogen-bond donors (Lipinski definition) is 1. The Balaban J connectivity index is 1.57. The molecule has 2 aromatic carbocycles. The van der Waals surface area contributed by atoms with E-state index in [1.807, 2.05) is 66.1 Å². The first kappa shape index (κ1) is 22.3. The van der Waals surface area contributed by atoms with Crippen LogP contribution in [0.4, 0.5) is 0 Å². The summed E-state index contributed by atoms with van der Waals surface area (Å²) >= 11 is 13.8. The number of hydrogen-bond acceptors (Lipinski definition) is 5. The van der Waals surface area contributed by atoms with Crippen molar-refractivity contribution in [3.63, 3.8) is 0 Å². The molecule has 0 aliphatic carbocycles. The van der Waals surface area contributed by atoms with Crippen LogP contribution in [-0.2, 0) is 4.79 Å². The fraction of sp³-hybridized carbons (Fsp3) is 0.130. The van der Waals surface area contributed by atoms with Crippen molar-refractivity contribution in [1.82, 2.24) is 25.1 Å². The first-order valence-corrected chi connectivity index (χ1v) is 11.6. The van der Waals surface area contributed by atoms with E-state index in [1.165, 1.54) is 11.8 Å². The highest BCUT2D eigenvalue weighted by Gasteiger charge is 2.20. The normalized spacial score (nSPS) is 11.8. The number of pyridine rings is 1. The van der Waals surface area contributed by atoms with Crippen molar-refractivity contribution in [2.24, 2.45) is 0 Å². The summed E-state index contributed by atoms with van der Waals surface area (Å²) in [5.41, 5.74) is 2.37. The van der Waals surface area contributed by atoms with Gasteiger partial charge in [0.1, 0.15) is 0 Å². The van der Waals surface area contributed by atoms with E-state index in [0.29, 0.717) is 26.6 Å². The minimum Gasteiger partial charge on any atom is -0.347 e. The van der Waals surface area contributed by atoms with Crippen molar-refractivity contribution in [3.8, 4) is 17.1 Å². The molecule has 0 aliphatic rings. The molecule has 0 aliphatic heterocycles. The first-order chi connectivity index (χ1) is 15.5. The van der Waals surface area contributed by atoms with Gasteiger partial charge in [-0.3, -0.25) is 14.3 Å². The summed E-state index contributed by atoms with van der Waals surface area (Å²) in [6, 6.07) is 20.3. The van der Waals surface area contributed by atoms with Gasteiger partial charge in [0.05, 0.1) is 22.5 Å². The average Bonchev–Trinajstić information content (AvgIpc) is 3.22. The van der Waals surface area contributed by atoms with Gasteiger partial charge in [0, 0.05) is 22.5 Å². The van der Waals surface area contributed by atoms with Crippen LogP contribution in [0.25, 0.3) is 17.1 Å². The van der Waals surface area contributed by atoms with Gasteiger partial charge in [-0.1, -0.05) is 59.2 Å². The van der Waals surface area contributed by atoms with E-state index < -0.39 is 0 Å². The number of carbonyl (C=O) groups is 1. The van der Waals surface area contributed by atoms with E-state index in [1.54, 1.807) is 18.3 Å². The Morgan fingerprint density at radius 2 is 1.84 bits per heavy atom. The van der Waals surface area contributed by atoms with Gasteiger partial charge in [-0.15, -0.1) is 10.2 Å². The zero-order chi connectivity index (χ0) is 22.5. The van der Waals surface area contributed by atoms with E-state index in [4.69, 9.17) is 23.2 Å². The number of nitrogens with zero attached hydrogens (tertiary/aromatic N) is 4.